The maximum atomic E-state index is 8.81. The average molecular weight is 198 g/mol. The number of nitro groups is 1. The Kier molecular flexibility index (Phi) is 10.1. The lowest BCUT2D eigenvalue weighted by Crippen LogP contribution is -1.85. The van der Waals surface area contributed by atoms with E-state index in [9.17, 15) is 0 Å². The van der Waals surface area contributed by atoms with Crippen molar-refractivity contribution in [3.05, 3.63) is 39.9 Å². The van der Waals surface area contributed by atoms with Crippen molar-refractivity contribution in [3.63, 3.8) is 0 Å². The molecule has 0 atom stereocenters. The molecule has 0 unspecified atom stereocenters. The first-order valence-electron chi connectivity index (χ1n) is 4.43. The van der Waals surface area contributed by atoms with Crippen LogP contribution >= 0.6 is 0 Å². The highest BCUT2D eigenvalue weighted by atomic mass is 16.6. The van der Waals surface area contributed by atoms with Crippen LogP contribution in [-0.2, 0) is 0 Å². The van der Waals surface area contributed by atoms with E-state index >= 15 is 0 Å². The van der Waals surface area contributed by atoms with Crippen LogP contribution in [0.3, 0.4) is 0 Å². The van der Waals surface area contributed by atoms with Crippen LogP contribution in [0.2, 0.25) is 0 Å². The maximum Gasteiger partial charge on any atom is 0.194 e. The van der Waals surface area contributed by atoms with Gasteiger partial charge in [0.2, 0.25) is 0 Å². The van der Waals surface area contributed by atoms with Crippen molar-refractivity contribution in [3.8, 4) is 0 Å². The third kappa shape index (κ3) is 10.4. The SMILES string of the molecule is CC.C[N+](=O)[O-].Cc1ccccc1N. The third-order valence-electron chi connectivity index (χ3n) is 1.19. The largest absolute Gasteiger partial charge is 0.399 e. The predicted octanol–water partition coefficient (Wildman–Crippen LogP) is 2.50. The molecule has 0 fully saturated rings. The van der Waals surface area contributed by atoms with Gasteiger partial charge in [-0.3, -0.25) is 10.1 Å². The van der Waals surface area contributed by atoms with Gasteiger partial charge in [-0.2, -0.15) is 0 Å². The van der Waals surface area contributed by atoms with Gasteiger partial charge in [0.15, 0.2) is 7.05 Å². The van der Waals surface area contributed by atoms with Crippen molar-refractivity contribution >= 4 is 5.69 Å². The smallest absolute Gasteiger partial charge is 0.194 e. The number of hydrogen-bond donors (Lipinski definition) is 1. The van der Waals surface area contributed by atoms with Crippen LogP contribution < -0.4 is 5.73 Å². The molecule has 0 aliphatic heterocycles. The minimum atomic E-state index is -0.500. The summed E-state index contributed by atoms with van der Waals surface area (Å²) in [5, 5.41) is 8.81. The lowest BCUT2D eigenvalue weighted by molar-refractivity contribution is -0.445. The Labute approximate surface area is 84.9 Å². The summed E-state index contributed by atoms with van der Waals surface area (Å²) in [6.45, 7) is 6.00. The van der Waals surface area contributed by atoms with E-state index in [-0.39, 0.29) is 0 Å². The highest BCUT2D eigenvalue weighted by molar-refractivity contribution is 5.44. The molecule has 0 aromatic heterocycles. The van der Waals surface area contributed by atoms with Crippen molar-refractivity contribution in [2.45, 2.75) is 20.8 Å². The fourth-order valence-corrected chi connectivity index (χ4v) is 0.587. The van der Waals surface area contributed by atoms with E-state index in [4.69, 9.17) is 15.8 Å². The first kappa shape index (κ1) is 14.9. The molecular formula is C10H18N2O2. The Morgan fingerprint density at radius 3 is 1.86 bits per heavy atom. The zero-order valence-corrected chi connectivity index (χ0v) is 9.15. The molecule has 80 valence electrons. The Bertz CT molecular complexity index is 237. The molecule has 0 aliphatic rings. The molecule has 14 heavy (non-hydrogen) atoms. The van der Waals surface area contributed by atoms with Gasteiger partial charge < -0.3 is 5.73 Å². The number of nitrogens with zero attached hydrogens (tertiary/aromatic N) is 1. The Morgan fingerprint density at radius 2 is 1.64 bits per heavy atom. The van der Waals surface area contributed by atoms with Gasteiger partial charge in [0.05, 0.1) is 0 Å². The summed E-state index contributed by atoms with van der Waals surface area (Å²) >= 11 is 0. The van der Waals surface area contributed by atoms with E-state index < -0.39 is 4.92 Å². The van der Waals surface area contributed by atoms with Crippen LogP contribution in [0, 0.1) is 17.0 Å². The van der Waals surface area contributed by atoms with Crippen LogP contribution in [0.5, 0.6) is 0 Å². The number of rotatable bonds is 0. The number of nitrogens with two attached hydrogens (primary N) is 1. The van der Waals surface area contributed by atoms with Crippen LogP contribution in [0.25, 0.3) is 0 Å². The number of para-hydroxylation sites is 1. The summed E-state index contributed by atoms with van der Waals surface area (Å²) in [6.07, 6.45) is 0. The van der Waals surface area contributed by atoms with Gasteiger partial charge in [-0.15, -0.1) is 0 Å². The molecule has 0 saturated heterocycles. The lowest BCUT2D eigenvalue weighted by atomic mass is 10.2. The normalized spacial score (nSPS) is 7.43. The molecule has 0 bridgehead atoms. The van der Waals surface area contributed by atoms with Crippen LogP contribution in [0.4, 0.5) is 5.69 Å². The third-order valence-corrected chi connectivity index (χ3v) is 1.19. The average Bonchev–Trinajstić information content (AvgIpc) is 2.13. The van der Waals surface area contributed by atoms with Gasteiger partial charge in [-0.25, -0.2) is 0 Å². The summed E-state index contributed by atoms with van der Waals surface area (Å²) in [5.41, 5.74) is 7.53. The second-order valence-electron chi connectivity index (χ2n) is 2.30. The van der Waals surface area contributed by atoms with Crippen molar-refractivity contribution in [2.75, 3.05) is 12.8 Å². The van der Waals surface area contributed by atoms with Gasteiger partial charge in [-0.1, -0.05) is 32.0 Å². The molecule has 0 heterocycles. The maximum absolute atomic E-state index is 8.81. The summed E-state index contributed by atoms with van der Waals surface area (Å²) in [5.74, 6) is 0. The summed E-state index contributed by atoms with van der Waals surface area (Å²) in [7, 11) is 0.889. The predicted molar refractivity (Wildman–Crippen MR) is 59.9 cm³/mol. The fourth-order valence-electron chi connectivity index (χ4n) is 0.587. The topological polar surface area (TPSA) is 69.2 Å². The molecule has 0 saturated carbocycles. The lowest BCUT2D eigenvalue weighted by Gasteiger charge is -1.93. The molecule has 0 aliphatic carbocycles. The van der Waals surface area contributed by atoms with Gasteiger partial charge in [0.1, 0.15) is 0 Å². The van der Waals surface area contributed by atoms with Crippen molar-refractivity contribution < 1.29 is 4.92 Å². The highest BCUT2D eigenvalue weighted by Gasteiger charge is 1.84. The van der Waals surface area contributed by atoms with Crippen molar-refractivity contribution in [1.82, 2.24) is 0 Å². The molecule has 4 nitrogen and oxygen atoms in total. The Hall–Kier alpha value is -1.58. The molecule has 1 rings (SSSR count). The Balaban J connectivity index is 0. The number of anilines is 1. The van der Waals surface area contributed by atoms with E-state index in [0.717, 1.165) is 18.3 Å². The molecular weight excluding hydrogens is 180 g/mol. The Morgan fingerprint density at radius 1 is 1.29 bits per heavy atom. The molecule has 2 N–H and O–H groups in total. The van der Waals surface area contributed by atoms with Gasteiger partial charge in [-0.05, 0) is 18.6 Å². The van der Waals surface area contributed by atoms with E-state index in [0.29, 0.717) is 0 Å². The number of benzene rings is 1. The van der Waals surface area contributed by atoms with Crippen LogP contribution in [0.15, 0.2) is 24.3 Å². The number of hydrogen-bond acceptors (Lipinski definition) is 3. The second kappa shape index (κ2) is 9.51. The number of aryl methyl sites for hydroxylation is 1. The fraction of sp³-hybridized carbons (Fsp3) is 0.400. The molecule has 4 heteroatoms. The van der Waals surface area contributed by atoms with Gasteiger partial charge >= 0.3 is 0 Å². The number of nitrogen functional groups attached to an aromatic ring is 1. The molecule has 0 amide bonds. The molecule has 0 radical (unpaired) electrons. The minimum absolute atomic E-state index is 0.500. The second-order valence-corrected chi connectivity index (χ2v) is 2.30. The first-order chi connectivity index (χ1) is 6.54. The monoisotopic (exact) mass is 198 g/mol. The van der Waals surface area contributed by atoms with Gasteiger partial charge in [0, 0.05) is 10.6 Å². The van der Waals surface area contributed by atoms with Crippen molar-refractivity contribution in [2.24, 2.45) is 0 Å². The molecule has 1 aromatic rings. The quantitative estimate of drug-likeness (QED) is 0.395. The van der Waals surface area contributed by atoms with E-state index in [1.54, 1.807) is 0 Å². The summed E-state index contributed by atoms with van der Waals surface area (Å²) < 4.78 is 0. The molecule has 1 aromatic carbocycles. The molecule has 0 spiro atoms. The van der Waals surface area contributed by atoms with Crippen LogP contribution in [-0.4, -0.2) is 12.0 Å². The van der Waals surface area contributed by atoms with Crippen LogP contribution in [0.1, 0.15) is 19.4 Å². The summed E-state index contributed by atoms with van der Waals surface area (Å²) in [4.78, 5) is 8.31. The first-order valence-corrected chi connectivity index (χ1v) is 4.43. The minimum Gasteiger partial charge on any atom is -0.399 e. The van der Waals surface area contributed by atoms with E-state index in [1.165, 1.54) is 0 Å². The van der Waals surface area contributed by atoms with E-state index in [2.05, 4.69) is 0 Å². The summed E-state index contributed by atoms with van der Waals surface area (Å²) in [6, 6.07) is 7.80. The zero-order valence-electron chi connectivity index (χ0n) is 9.15. The highest BCUT2D eigenvalue weighted by Crippen LogP contribution is 2.06. The standard InChI is InChI=1S/C7H9N.C2H6.CH3NO2/c1-6-4-2-3-5-7(6)8;1-2;1-2(3)4/h2-5H,8H2,1H3;1-2H3;1H3. The zero-order chi connectivity index (χ0) is 11.6. The van der Waals surface area contributed by atoms with E-state index in [1.807, 2.05) is 45.0 Å². The van der Waals surface area contributed by atoms with Crippen molar-refractivity contribution in [1.29, 1.82) is 0 Å². The van der Waals surface area contributed by atoms with Gasteiger partial charge in [0.25, 0.3) is 0 Å².